The van der Waals surface area contributed by atoms with E-state index in [9.17, 15) is 4.79 Å². The maximum Gasteiger partial charge on any atom is 0.322 e. The summed E-state index contributed by atoms with van der Waals surface area (Å²) in [5.74, 6) is 0.935. The number of ether oxygens (including phenoxy) is 1. The molecule has 0 saturated carbocycles. The number of carbonyl (C=O) groups is 1. The summed E-state index contributed by atoms with van der Waals surface area (Å²) < 4.78 is 11.5. The van der Waals surface area contributed by atoms with Crippen LogP contribution in [0.4, 0.5) is 4.79 Å². The lowest BCUT2D eigenvalue weighted by molar-refractivity contribution is 0.0736. The molecule has 0 saturated heterocycles. The monoisotopic (exact) mass is 474 g/mol. The van der Waals surface area contributed by atoms with E-state index in [-0.39, 0.29) is 18.2 Å². The van der Waals surface area contributed by atoms with Crippen molar-refractivity contribution >= 4 is 11.6 Å². The van der Waals surface area contributed by atoms with Crippen molar-refractivity contribution in [1.82, 2.24) is 20.4 Å². The molecule has 1 aliphatic heterocycles. The first kappa shape index (κ1) is 24.7. The number of hydrogen-bond acceptors (Lipinski definition) is 5. The van der Waals surface area contributed by atoms with E-state index in [2.05, 4.69) is 41.7 Å². The number of nitrogens with one attached hydrogen (secondary N) is 1. The number of rotatable bonds is 9. The van der Waals surface area contributed by atoms with Crippen molar-refractivity contribution in [3.05, 3.63) is 76.8 Å². The van der Waals surface area contributed by atoms with Crippen molar-refractivity contribution in [2.75, 3.05) is 13.2 Å². The highest BCUT2D eigenvalue weighted by molar-refractivity contribution is 5.86. The molecule has 7 heteroatoms. The first-order valence-electron chi connectivity index (χ1n) is 12.3. The number of amides is 2. The normalized spacial score (nSPS) is 16.2. The van der Waals surface area contributed by atoms with E-state index in [0.717, 1.165) is 40.8 Å². The van der Waals surface area contributed by atoms with Gasteiger partial charge >= 0.3 is 6.03 Å². The zero-order valence-electron chi connectivity index (χ0n) is 21.2. The van der Waals surface area contributed by atoms with E-state index in [1.807, 2.05) is 52.0 Å². The van der Waals surface area contributed by atoms with Gasteiger partial charge in [-0.05, 0) is 57.7 Å². The average Bonchev–Trinajstić information content (AvgIpc) is 3.33. The van der Waals surface area contributed by atoms with Crippen LogP contribution in [0.3, 0.4) is 0 Å². The average molecular weight is 475 g/mol. The van der Waals surface area contributed by atoms with E-state index in [0.29, 0.717) is 24.9 Å². The van der Waals surface area contributed by atoms with Crippen molar-refractivity contribution in [1.29, 1.82) is 0 Å². The smallest absolute Gasteiger partial charge is 0.322 e. The number of allylic oxidation sites excluding steroid dienone is 1. The Kier molecular flexibility index (Phi) is 7.66. The highest BCUT2D eigenvalue weighted by Crippen LogP contribution is 2.37. The van der Waals surface area contributed by atoms with Crippen LogP contribution in [0.5, 0.6) is 0 Å². The van der Waals surface area contributed by atoms with Gasteiger partial charge in [-0.15, -0.1) is 0 Å². The van der Waals surface area contributed by atoms with E-state index in [4.69, 9.17) is 14.2 Å². The van der Waals surface area contributed by atoms with E-state index in [1.165, 1.54) is 5.56 Å². The van der Waals surface area contributed by atoms with Gasteiger partial charge in [-0.1, -0.05) is 60.1 Å². The van der Waals surface area contributed by atoms with Gasteiger partial charge in [0, 0.05) is 24.4 Å². The maximum absolute atomic E-state index is 13.2. The first-order chi connectivity index (χ1) is 16.9. The van der Waals surface area contributed by atoms with Gasteiger partial charge in [-0.2, -0.15) is 4.98 Å². The van der Waals surface area contributed by atoms with Crippen molar-refractivity contribution in [2.45, 2.75) is 59.6 Å². The summed E-state index contributed by atoms with van der Waals surface area (Å²) in [5.41, 5.74) is 5.85. The molecule has 184 valence electrons. The van der Waals surface area contributed by atoms with Gasteiger partial charge < -0.3 is 14.6 Å². The predicted molar refractivity (Wildman–Crippen MR) is 137 cm³/mol. The van der Waals surface area contributed by atoms with E-state index >= 15 is 0 Å². The van der Waals surface area contributed by atoms with Crippen LogP contribution in [-0.2, 0) is 11.2 Å². The topological polar surface area (TPSA) is 80.5 Å². The molecule has 0 radical (unpaired) electrons. The SMILES string of the molecule is CCc1ccc(C2NC(=O)N(CCCOC(C)C)C(C)=C2c2nc(-c3cccc(C)c3)no2)cc1. The zero-order chi connectivity index (χ0) is 24.9. The first-order valence-corrected chi connectivity index (χ1v) is 12.3. The second-order valence-corrected chi connectivity index (χ2v) is 9.19. The molecule has 2 heterocycles. The Hall–Kier alpha value is -3.45. The predicted octanol–water partition coefficient (Wildman–Crippen LogP) is 5.92. The fourth-order valence-electron chi connectivity index (χ4n) is 4.30. The lowest BCUT2D eigenvalue weighted by Crippen LogP contribution is -2.46. The zero-order valence-corrected chi connectivity index (χ0v) is 21.2. The van der Waals surface area contributed by atoms with Crippen molar-refractivity contribution in [2.24, 2.45) is 0 Å². The molecule has 0 spiro atoms. The summed E-state index contributed by atoms with van der Waals surface area (Å²) >= 11 is 0. The van der Waals surface area contributed by atoms with E-state index in [1.54, 1.807) is 4.90 Å². The summed E-state index contributed by atoms with van der Waals surface area (Å²) in [4.78, 5) is 19.6. The molecule has 2 amide bonds. The second-order valence-electron chi connectivity index (χ2n) is 9.19. The number of benzene rings is 2. The molecule has 0 fully saturated rings. The van der Waals surface area contributed by atoms with Gasteiger partial charge in [-0.3, -0.25) is 4.90 Å². The molecule has 7 nitrogen and oxygen atoms in total. The van der Waals surface area contributed by atoms with Gasteiger partial charge in [0.25, 0.3) is 5.89 Å². The molecular formula is C28H34N4O3. The van der Waals surface area contributed by atoms with E-state index < -0.39 is 0 Å². The Morgan fingerprint density at radius 1 is 1.14 bits per heavy atom. The fourth-order valence-corrected chi connectivity index (χ4v) is 4.30. The highest BCUT2D eigenvalue weighted by atomic mass is 16.5. The number of carbonyl (C=O) groups excluding carboxylic acids is 1. The van der Waals surface area contributed by atoms with Crippen LogP contribution >= 0.6 is 0 Å². The maximum atomic E-state index is 13.2. The lowest BCUT2D eigenvalue weighted by Gasteiger charge is -2.35. The number of urea groups is 1. The fraction of sp³-hybridized carbons (Fsp3) is 0.393. The summed E-state index contributed by atoms with van der Waals surface area (Å²) in [7, 11) is 0. The minimum absolute atomic E-state index is 0.140. The van der Waals surface area contributed by atoms with Gasteiger partial charge in [0.15, 0.2) is 0 Å². The molecule has 1 aromatic heterocycles. The molecule has 1 atom stereocenters. The molecule has 2 aromatic carbocycles. The van der Waals surface area contributed by atoms with Gasteiger partial charge in [0.2, 0.25) is 5.82 Å². The van der Waals surface area contributed by atoms with Crippen LogP contribution in [0.15, 0.2) is 58.8 Å². The summed E-state index contributed by atoms with van der Waals surface area (Å²) in [6, 6.07) is 15.8. The summed E-state index contributed by atoms with van der Waals surface area (Å²) in [6.07, 6.45) is 1.84. The molecular weight excluding hydrogens is 440 g/mol. The molecule has 1 aliphatic rings. The van der Waals surface area contributed by atoms with Crippen LogP contribution in [-0.4, -0.2) is 40.3 Å². The minimum atomic E-state index is -0.387. The van der Waals surface area contributed by atoms with Crippen LogP contribution in [0.25, 0.3) is 17.0 Å². The van der Waals surface area contributed by atoms with Gasteiger partial charge in [-0.25, -0.2) is 4.79 Å². The third kappa shape index (κ3) is 5.62. The van der Waals surface area contributed by atoms with Crippen molar-refractivity contribution < 1.29 is 14.1 Å². The summed E-state index contributed by atoms with van der Waals surface area (Å²) in [6.45, 7) is 11.2. The molecule has 1 N–H and O–H groups in total. The van der Waals surface area contributed by atoms with Crippen LogP contribution in [0.1, 0.15) is 62.7 Å². The molecule has 35 heavy (non-hydrogen) atoms. The molecule has 0 aliphatic carbocycles. The van der Waals surface area contributed by atoms with Crippen LogP contribution < -0.4 is 5.32 Å². The molecule has 3 aromatic rings. The summed E-state index contributed by atoms with van der Waals surface area (Å²) in [5, 5.41) is 7.43. The van der Waals surface area contributed by atoms with Crippen LogP contribution in [0, 0.1) is 6.92 Å². The van der Waals surface area contributed by atoms with Crippen LogP contribution in [0.2, 0.25) is 0 Å². The molecule has 4 rings (SSSR count). The highest BCUT2D eigenvalue weighted by Gasteiger charge is 2.35. The standard InChI is InChI=1S/C28H34N4O3/c1-6-21-11-13-22(14-12-21)25-24(20(5)32(28(33)29-25)15-8-16-34-18(2)3)27-30-26(31-35-27)23-10-7-9-19(4)17-23/h7,9-14,17-18,25H,6,8,15-16H2,1-5H3,(H,29,33). The quantitative estimate of drug-likeness (QED) is 0.389. The van der Waals surface area contributed by atoms with Gasteiger partial charge in [0.1, 0.15) is 0 Å². The number of hydrogen-bond donors (Lipinski definition) is 1. The Morgan fingerprint density at radius 2 is 1.91 bits per heavy atom. The Bertz CT molecular complexity index is 1200. The Labute approximate surface area is 207 Å². The Balaban J connectivity index is 1.71. The van der Waals surface area contributed by atoms with Crippen molar-refractivity contribution in [3.8, 4) is 11.4 Å². The third-order valence-electron chi connectivity index (χ3n) is 6.23. The number of nitrogens with zero attached hydrogens (tertiary/aromatic N) is 3. The largest absolute Gasteiger partial charge is 0.379 e. The van der Waals surface area contributed by atoms with Gasteiger partial charge in [0.05, 0.1) is 17.7 Å². The second kappa shape index (κ2) is 10.9. The third-order valence-corrected chi connectivity index (χ3v) is 6.23. The minimum Gasteiger partial charge on any atom is -0.379 e. The lowest BCUT2D eigenvalue weighted by atomic mass is 9.93. The Morgan fingerprint density at radius 3 is 2.60 bits per heavy atom. The molecule has 1 unspecified atom stereocenters. The molecule has 0 bridgehead atoms. The number of aromatic nitrogens is 2. The van der Waals surface area contributed by atoms with Crippen molar-refractivity contribution in [3.63, 3.8) is 0 Å². The number of aryl methyl sites for hydroxylation is 2.